The maximum Gasteiger partial charge on any atom is 0.252 e. The minimum atomic E-state index is -4.49. The van der Waals surface area contributed by atoms with E-state index in [1.807, 2.05) is 30.3 Å². The van der Waals surface area contributed by atoms with Gasteiger partial charge in [-0.05, 0) is 42.7 Å². The first kappa shape index (κ1) is 31.9. The Morgan fingerprint density at radius 3 is 2.19 bits per heavy atom. The molecule has 220 valence electrons. The largest absolute Gasteiger partial charge is 0.368 e. The molecule has 4 amide bonds. The molecule has 0 bridgehead atoms. The first-order chi connectivity index (χ1) is 20.0. The van der Waals surface area contributed by atoms with Gasteiger partial charge in [0.1, 0.15) is 29.8 Å². The Morgan fingerprint density at radius 2 is 1.57 bits per heavy atom. The molecule has 0 spiro atoms. The van der Waals surface area contributed by atoms with Crippen LogP contribution in [0.5, 0.6) is 0 Å². The fourth-order valence-electron chi connectivity index (χ4n) is 3.99. The van der Waals surface area contributed by atoms with Crippen LogP contribution in [0.4, 0.5) is 4.39 Å². The van der Waals surface area contributed by atoms with Gasteiger partial charge in [-0.2, -0.15) is 0 Å². The molecule has 3 aromatic carbocycles. The van der Waals surface area contributed by atoms with Crippen molar-refractivity contribution in [3.63, 3.8) is 0 Å². The van der Waals surface area contributed by atoms with Crippen LogP contribution >= 0.6 is 7.37 Å². The first-order valence-electron chi connectivity index (χ1n) is 13.0. The van der Waals surface area contributed by atoms with Crippen LogP contribution in [0.15, 0.2) is 91.0 Å². The molecule has 3 aromatic rings. The van der Waals surface area contributed by atoms with Gasteiger partial charge in [0.15, 0.2) is 0 Å². The van der Waals surface area contributed by atoms with E-state index in [0.29, 0.717) is 0 Å². The van der Waals surface area contributed by atoms with Crippen LogP contribution in [0.1, 0.15) is 40.6 Å². The van der Waals surface area contributed by atoms with E-state index >= 15 is 0 Å². The number of nitrogens with two attached hydrogens (primary N) is 1. The molecular weight excluding hydrogens is 562 g/mol. The summed E-state index contributed by atoms with van der Waals surface area (Å²) >= 11 is 0. The lowest BCUT2D eigenvalue weighted by Crippen LogP contribution is -2.52. The van der Waals surface area contributed by atoms with Gasteiger partial charge in [0, 0.05) is 5.56 Å². The maximum absolute atomic E-state index is 13.6. The Labute approximate surface area is 242 Å². The van der Waals surface area contributed by atoms with Crippen LogP contribution in [-0.4, -0.2) is 46.8 Å². The second-order valence-corrected chi connectivity index (χ2v) is 11.9. The number of rotatable bonds is 13. The number of amides is 4. The van der Waals surface area contributed by atoms with E-state index < -0.39 is 60.8 Å². The number of hydrogen-bond donors (Lipinski definition) is 5. The topological polar surface area (TPSA) is 168 Å². The summed E-state index contributed by atoms with van der Waals surface area (Å²) in [5.41, 5.74) is 6.49. The van der Waals surface area contributed by atoms with Gasteiger partial charge in [0.05, 0.1) is 0 Å². The van der Waals surface area contributed by atoms with Crippen molar-refractivity contribution in [2.45, 2.75) is 31.2 Å². The predicted molar refractivity (Wildman–Crippen MR) is 157 cm³/mol. The molecule has 0 saturated heterocycles. The summed E-state index contributed by atoms with van der Waals surface area (Å²) in [6, 6.07) is 19.7. The van der Waals surface area contributed by atoms with Gasteiger partial charge in [-0.3, -0.25) is 23.7 Å². The number of primary amides is 1. The fourth-order valence-corrected chi connectivity index (χ4v) is 5.63. The van der Waals surface area contributed by atoms with Crippen LogP contribution in [0.3, 0.4) is 0 Å². The normalized spacial score (nSPS) is 14.6. The second kappa shape index (κ2) is 14.9. The van der Waals surface area contributed by atoms with Gasteiger partial charge < -0.3 is 26.6 Å². The summed E-state index contributed by atoms with van der Waals surface area (Å²) in [5, 5.41) is 7.25. The standard InChI is InChI=1S/C30H32FN4O6P/c1-20(28(38)34-25(27(32)37)17-8-12-21-10-4-2-5-11-21)33-26(36)19-42(40,41)30(22-13-6-3-7-14-22)35-29(39)23-15-9-16-24(31)18-23/h2-16,18,20,25,30H,17,19H2,1H3,(H2,32,37)(H,33,36)(H,34,38)(H,35,39)(H,40,41)/b12-8+/t20-,25-,30?/m0/s1. The van der Waals surface area contributed by atoms with Crippen molar-refractivity contribution in [3.8, 4) is 0 Å². The second-order valence-electron chi connectivity index (χ2n) is 9.51. The quantitative estimate of drug-likeness (QED) is 0.191. The van der Waals surface area contributed by atoms with Crippen LogP contribution < -0.4 is 21.7 Å². The Kier molecular flexibility index (Phi) is 11.3. The van der Waals surface area contributed by atoms with Gasteiger partial charge in [-0.25, -0.2) is 4.39 Å². The monoisotopic (exact) mass is 594 g/mol. The zero-order valence-corrected chi connectivity index (χ0v) is 23.7. The molecule has 0 radical (unpaired) electrons. The van der Waals surface area contributed by atoms with E-state index in [1.165, 1.54) is 31.2 Å². The lowest BCUT2D eigenvalue weighted by molar-refractivity contribution is -0.130. The van der Waals surface area contributed by atoms with Crippen molar-refractivity contribution >= 4 is 37.1 Å². The third-order valence-electron chi connectivity index (χ3n) is 6.16. The zero-order valence-electron chi connectivity index (χ0n) is 22.8. The Balaban J connectivity index is 1.65. The molecule has 4 atom stereocenters. The van der Waals surface area contributed by atoms with Crippen LogP contribution in [-0.2, 0) is 18.9 Å². The predicted octanol–water partition coefficient (Wildman–Crippen LogP) is 3.10. The van der Waals surface area contributed by atoms with Gasteiger partial charge in [0.25, 0.3) is 5.91 Å². The summed E-state index contributed by atoms with van der Waals surface area (Å²) in [5.74, 6) is -5.43. The first-order valence-corrected chi connectivity index (χ1v) is 14.9. The molecular formula is C30H32FN4O6P. The number of hydrogen-bond acceptors (Lipinski definition) is 5. The maximum atomic E-state index is 13.6. The van der Waals surface area contributed by atoms with Crippen molar-refractivity contribution in [2.75, 3.05) is 6.16 Å². The summed E-state index contributed by atoms with van der Waals surface area (Å²) in [7, 11) is -4.49. The fraction of sp³-hybridized carbons (Fsp3) is 0.200. The highest BCUT2D eigenvalue weighted by Crippen LogP contribution is 2.53. The van der Waals surface area contributed by atoms with Crippen LogP contribution in [0.25, 0.3) is 6.08 Å². The van der Waals surface area contributed by atoms with E-state index in [0.717, 1.165) is 17.7 Å². The Morgan fingerprint density at radius 1 is 0.929 bits per heavy atom. The van der Waals surface area contributed by atoms with E-state index in [9.17, 15) is 33.0 Å². The molecule has 2 unspecified atom stereocenters. The molecule has 0 saturated carbocycles. The third-order valence-corrected chi connectivity index (χ3v) is 8.13. The van der Waals surface area contributed by atoms with E-state index in [-0.39, 0.29) is 17.5 Å². The summed E-state index contributed by atoms with van der Waals surface area (Å²) in [6.07, 6.45) is 2.61. The number of benzene rings is 3. The van der Waals surface area contributed by atoms with Crippen molar-refractivity contribution < 1.29 is 33.0 Å². The molecule has 0 heterocycles. The average molecular weight is 595 g/mol. The SMILES string of the molecule is C[C@H](NC(=O)CP(=O)(O)C(NC(=O)c1cccc(F)c1)c1ccccc1)C(=O)N[C@@H](C/C=C/c1ccccc1)C(N)=O. The molecule has 10 nitrogen and oxygen atoms in total. The summed E-state index contributed by atoms with van der Waals surface area (Å²) in [4.78, 5) is 61.1. The number of carbonyl (C=O) groups is 4. The molecule has 0 aromatic heterocycles. The average Bonchev–Trinajstić information content (AvgIpc) is 2.95. The Bertz CT molecular complexity index is 1490. The Hall–Kier alpha value is -4.60. The van der Waals surface area contributed by atoms with Crippen LogP contribution in [0.2, 0.25) is 0 Å². The highest BCUT2D eigenvalue weighted by Gasteiger charge is 2.37. The number of nitrogens with one attached hydrogen (secondary N) is 3. The summed E-state index contributed by atoms with van der Waals surface area (Å²) in [6.45, 7) is 1.34. The van der Waals surface area contributed by atoms with Crippen molar-refractivity contribution in [1.82, 2.24) is 16.0 Å². The zero-order chi connectivity index (χ0) is 30.7. The van der Waals surface area contributed by atoms with Crippen molar-refractivity contribution in [2.24, 2.45) is 5.73 Å². The number of halogens is 1. The molecule has 6 N–H and O–H groups in total. The third kappa shape index (κ3) is 9.50. The van der Waals surface area contributed by atoms with Crippen LogP contribution in [0, 0.1) is 5.82 Å². The molecule has 42 heavy (non-hydrogen) atoms. The van der Waals surface area contributed by atoms with E-state index in [1.54, 1.807) is 30.4 Å². The minimum Gasteiger partial charge on any atom is -0.368 e. The van der Waals surface area contributed by atoms with Gasteiger partial charge in [-0.15, -0.1) is 0 Å². The van der Waals surface area contributed by atoms with Crippen molar-refractivity contribution in [3.05, 3.63) is 114 Å². The molecule has 0 aliphatic heterocycles. The number of carbonyl (C=O) groups excluding carboxylic acids is 4. The van der Waals surface area contributed by atoms with E-state index in [4.69, 9.17) is 5.73 Å². The van der Waals surface area contributed by atoms with Gasteiger partial charge in [0.2, 0.25) is 25.1 Å². The molecule has 0 aliphatic carbocycles. The van der Waals surface area contributed by atoms with Gasteiger partial charge in [-0.1, -0.05) is 78.9 Å². The minimum absolute atomic E-state index is 0.0757. The highest BCUT2D eigenvalue weighted by molar-refractivity contribution is 7.59. The highest BCUT2D eigenvalue weighted by atomic mass is 31.2. The lowest BCUT2D eigenvalue weighted by atomic mass is 10.1. The smallest absolute Gasteiger partial charge is 0.252 e. The van der Waals surface area contributed by atoms with Gasteiger partial charge >= 0.3 is 0 Å². The van der Waals surface area contributed by atoms with Crippen molar-refractivity contribution in [1.29, 1.82) is 0 Å². The molecule has 12 heteroatoms. The summed E-state index contributed by atoms with van der Waals surface area (Å²) < 4.78 is 27.1. The lowest BCUT2D eigenvalue weighted by Gasteiger charge is -2.25. The molecule has 3 rings (SSSR count). The van der Waals surface area contributed by atoms with E-state index in [2.05, 4.69) is 16.0 Å². The molecule has 0 aliphatic rings. The molecule has 0 fully saturated rings.